The summed E-state index contributed by atoms with van der Waals surface area (Å²) < 4.78 is 9.93. The summed E-state index contributed by atoms with van der Waals surface area (Å²) >= 11 is 0. The van der Waals surface area contributed by atoms with E-state index >= 15 is 0 Å². The van der Waals surface area contributed by atoms with Gasteiger partial charge in [0.1, 0.15) is 5.75 Å². The molecule has 0 bridgehead atoms. The molecule has 0 aliphatic heterocycles. The van der Waals surface area contributed by atoms with Crippen LogP contribution in [-0.2, 0) is 14.3 Å². The molecule has 1 atom stereocenters. The van der Waals surface area contributed by atoms with E-state index in [1.807, 2.05) is 31.2 Å². The topological polar surface area (TPSA) is 76.7 Å². The third-order valence-electron chi connectivity index (χ3n) is 2.98. The van der Waals surface area contributed by atoms with Gasteiger partial charge < -0.3 is 20.1 Å². The van der Waals surface area contributed by atoms with Crippen LogP contribution in [-0.4, -0.2) is 39.2 Å². The molecule has 21 heavy (non-hydrogen) atoms. The van der Waals surface area contributed by atoms with Gasteiger partial charge in [0.25, 0.3) is 0 Å². The largest absolute Gasteiger partial charge is 0.497 e. The average Bonchev–Trinajstić information content (AvgIpc) is 2.51. The van der Waals surface area contributed by atoms with Crippen molar-refractivity contribution in [3.63, 3.8) is 0 Å². The van der Waals surface area contributed by atoms with Gasteiger partial charge in [-0.05, 0) is 31.0 Å². The molecular weight excluding hydrogens is 272 g/mol. The van der Waals surface area contributed by atoms with Gasteiger partial charge in [0, 0.05) is 20.3 Å². The highest BCUT2D eigenvalue weighted by atomic mass is 16.5. The van der Waals surface area contributed by atoms with Gasteiger partial charge in [0.2, 0.25) is 0 Å². The van der Waals surface area contributed by atoms with Gasteiger partial charge in [-0.2, -0.15) is 0 Å². The smallest absolute Gasteiger partial charge is 0.309 e. The fraction of sp³-hybridized carbons (Fsp3) is 0.467. The zero-order valence-corrected chi connectivity index (χ0v) is 12.6. The molecule has 2 N–H and O–H groups in total. The summed E-state index contributed by atoms with van der Waals surface area (Å²) in [6.07, 6.45) is 0.670. The lowest BCUT2D eigenvalue weighted by atomic mass is 10.1. The maximum absolute atomic E-state index is 11.7. The maximum Gasteiger partial charge on any atom is 0.309 e. The van der Waals surface area contributed by atoms with Crippen LogP contribution in [0.3, 0.4) is 0 Å². The fourth-order valence-electron chi connectivity index (χ4n) is 1.74. The van der Waals surface area contributed by atoms with Crippen LogP contribution in [0.2, 0.25) is 0 Å². The van der Waals surface area contributed by atoms with Crippen molar-refractivity contribution in [2.24, 2.45) is 0 Å². The van der Waals surface area contributed by atoms with Gasteiger partial charge in [0.05, 0.1) is 13.2 Å². The molecule has 0 aliphatic rings. The lowest BCUT2D eigenvalue weighted by Gasteiger charge is -2.14. The van der Waals surface area contributed by atoms with Crippen molar-refractivity contribution in [3.05, 3.63) is 29.8 Å². The Morgan fingerprint density at radius 2 is 1.81 bits per heavy atom. The first-order valence-corrected chi connectivity index (χ1v) is 6.80. The summed E-state index contributed by atoms with van der Waals surface area (Å²) in [5, 5.41) is 5.19. The van der Waals surface area contributed by atoms with E-state index in [1.54, 1.807) is 14.2 Å². The highest BCUT2D eigenvalue weighted by Crippen LogP contribution is 2.16. The molecule has 0 saturated carbocycles. The lowest BCUT2D eigenvalue weighted by molar-refractivity contribution is -0.139. The second-order valence-electron chi connectivity index (χ2n) is 4.57. The quantitative estimate of drug-likeness (QED) is 0.581. The molecule has 0 aromatic heterocycles. The van der Waals surface area contributed by atoms with E-state index in [0.717, 1.165) is 11.3 Å². The van der Waals surface area contributed by atoms with Crippen molar-refractivity contribution in [3.8, 4) is 5.75 Å². The van der Waals surface area contributed by atoms with E-state index < -0.39 is 11.8 Å². The second kappa shape index (κ2) is 8.97. The Labute approximate surface area is 124 Å². The van der Waals surface area contributed by atoms with Crippen molar-refractivity contribution in [2.45, 2.75) is 19.4 Å². The zero-order valence-electron chi connectivity index (χ0n) is 12.6. The van der Waals surface area contributed by atoms with Gasteiger partial charge in [-0.3, -0.25) is 9.59 Å². The van der Waals surface area contributed by atoms with E-state index in [0.29, 0.717) is 19.6 Å². The molecule has 116 valence electrons. The number of amides is 2. The maximum atomic E-state index is 11.7. The first-order valence-electron chi connectivity index (χ1n) is 6.80. The van der Waals surface area contributed by atoms with Crippen molar-refractivity contribution < 1.29 is 19.1 Å². The highest BCUT2D eigenvalue weighted by Gasteiger charge is 2.16. The van der Waals surface area contributed by atoms with Crippen LogP contribution >= 0.6 is 0 Å². The predicted octanol–water partition coefficient (Wildman–Crippen LogP) is 1.03. The molecular formula is C15H22N2O4. The van der Waals surface area contributed by atoms with E-state index in [-0.39, 0.29) is 6.04 Å². The number of rotatable bonds is 7. The summed E-state index contributed by atoms with van der Waals surface area (Å²) in [5.41, 5.74) is 0.899. The van der Waals surface area contributed by atoms with Gasteiger partial charge in [-0.15, -0.1) is 0 Å². The van der Waals surface area contributed by atoms with Crippen LogP contribution in [0.25, 0.3) is 0 Å². The number of carbonyl (C=O) groups excluding carboxylic acids is 2. The van der Waals surface area contributed by atoms with Crippen molar-refractivity contribution >= 4 is 11.8 Å². The van der Waals surface area contributed by atoms with Crippen molar-refractivity contribution in [1.82, 2.24) is 10.6 Å². The summed E-state index contributed by atoms with van der Waals surface area (Å²) in [4.78, 5) is 23.3. The number of methoxy groups -OCH3 is 2. The normalized spacial score (nSPS) is 11.6. The van der Waals surface area contributed by atoms with Crippen molar-refractivity contribution in [2.75, 3.05) is 27.4 Å². The summed E-state index contributed by atoms with van der Waals surface area (Å²) in [7, 11) is 3.18. The Morgan fingerprint density at radius 3 is 2.38 bits per heavy atom. The third kappa shape index (κ3) is 5.83. The summed E-state index contributed by atoms with van der Waals surface area (Å²) in [5.74, 6) is -0.532. The fourth-order valence-corrected chi connectivity index (χ4v) is 1.74. The summed E-state index contributed by atoms with van der Waals surface area (Å²) in [6, 6.07) is 7.06. The molecule has 0 aliphatic carbocycles. The SMILES string of the molecule is COCCCNC(=O)C(=O)NC(C)c1ccc(OC)cc1. The van der Waals surface area contributed by atoms with Gasteiger partial charge >= 0.3 is 11.8 Å². The van der Waals surface area contributed by atoms with E-state index in [9.17, 15) is 9.59 Å². The van der Waals surface area contributed by atoms with Gasteiger partial charge in [-0.1, -0.05) is 12.1 Å². The number of nitrogens with one attached hydrogen (secondary N) is 2. The van der Waals surface area contributed by atoms with E-state index in [1.165, 1.54) is 0 Å². The second-order valence-corrected chi connectivity index (χ2v) is 4.57. The van der Waals surface area contributed by atoms with Crippen LogP contribution < -0.4 is 15.4 Å². The Morgan fingerprint density at radius 1 is 1.14 bits per heavy atom. The van der Waals surface area contributed by atoms with Crippen LogP contribution in [0.15, 0.2) is 24.3 Å². The zero-order chi connectivity index (χ0) is 15.7. The molecule has 0 fully saturated rings. The van der Waals surface area contributed by atoms with E-state index in [2.05, 4.69) is 10.6 Å². The molecule has 0 spiro atoms. The number of carbonyl (C=O) groups is 2. The molecule has 1 aromatic rings. The Balaban J connectivity index is 2.43. The van der Waals surface area contributed by atoms with Gasteiger partial charge in [0.15, 0.2) is 0 Å². The predicted molar refractivity (Wildman–Crippen MR) is 79.1 cm³/mol. The van der Waals surface area contributed by atoms with Crippen molar-refractivity contribution in [1.29, 1.82) is 0 Å². The molecule has 6 nitrogen and oxygen atoms in total. The molecule has 0 radical (unpaired) electrons. The lowest BCUT2D eigenvalue weighted by Crippen LogP contribution is -2.41. The summed E-state index contributed by atoms with van der Waals surface area (Å²) in [6.45, 7) is 2.78. The molecule has 2 amide bonds. The third-order valence-corrected chi connectivity index (χ3v) is 2.98. The minimum absolute atomic E-state index is 0.256. The molecule has 0 saturated heterocycles. The minimum atomic E-state index is -0.643. The molecule has 1 rings (SSSR count). The van der Waals surface area contributed by atoms with E-state index in [4.69, 9.17) is 9.47 Å². The standard InChI is InChI=1S/C15H22N2O4/c1-11(12-5-7-13(21-3)8-6-12)17-15(19)14(18)16-9-4-10-20-2/h5-8,11H,4,9-10H2,1-3H3,(H,16,18)(H,17,19). The first-order chi connectivity index (χ1) is 10.1. The number of ether oxygens (including phenoxy) is 2. The minimum Gasteiger partial charge on any atom is -0.497 e. The van der Waals surface area contributed by atoms with Crippen LogP contribution in [0.5, 0.6) is 5.75 Å². The van der Waals surface area contributed by atoms with Crippen LogP contribution in [0.4, 0.5) is 0 Å². The molecule has 6 heteroatoms. The van der Waals surface area contributed by atoms with Gasteiger partial charge in [-0.25, -0.2) is 0 Å². The number of hydrogen-bond acceptors (Lipinski definition) is 4. The van der Waals surface area contributed by atoms with Crippen LogP contribution in [0.1, 0.15) is 24.9 Å². The Hall–Kier alpha value is -2.08. The molecule has 0 heterocycles. The first kappa shape index (κ1) is 17.0. The Bertz CT molecular complexity index is 459. The Kier molecular flexibility index (Phi) is 7.25. The highest BCUT2D eigenvalue weighted by molar-refractivity contribution is 6.35. The monoisotopic (exact) mass is 294 g/mol. The number of benzene rings is 1. The molecule has 1 unspecified atom stereocenters. The number of hydrogen-bond donors (Lipinski definition) is 2. The molecule has 1 aromatic carbocycles. The average molecular weight is 294 g/mol. The van der Waals surface area contributed by atoms with Crippen LogP contribution in [0, 0.1) is 0 Å².